The van der Waals surface area contributed by atoms with E-state index in [1.165, 1.54) is 6.07 Å². The molecule has 82 valence electrons. The van der Waals surface area contributed by atoms with Crippen molar-refractivity contribution in [3.8, 4) is 0 Å². The van der Waals surface area contributed by atoms with Crippen molar-refractivity contribution in [3.05, 3.63) is 54.3 Å². The van der Waals surface area contributed by atoms with Crippen molar-refractivity contribution < 1.29 is 4.39 Å². The fourth-order valence-corrected chi connectivity index (χ4v) is 1.44. The number of hydrogen-bond acceptors (Lipinski definition) is 2. The minimum Gasteiger partial charge on any atom is -0.388 e. The summed E-state index contributed by atoms with van der Waals surface area (Å²) in [5.74, 6) is -0.250. The van der Waals surface area contributed by atoms with Gasteiger partial charge in [0, 0.05) is 18.4 Å². The molecule has 2 aromatic carbocycles. The Labute approximate surface area is 94.1 Å². The number of nitrogens with one attached hydrogen (secondary N) is 2. The first-order valence-electron chi connectivity index (χ1n) is 5.09. The molecule has 2 nitrogen and oxygen atoms in total. The monoisotopic (exact) mass is 216 g/mol. The minimum absolute atomic E-state index is 0.250. The van der Waals surface area contributed by atoms with Crippen molar-refractivity contribution in [2.75, 3.05) is 17.7 Å². The molecule has 0 aromatic heterocycles. The molecule has 0 spiro atoms. The van der Waals surface area contributed by atoms with Crippen LogP contribution in [-0.4, -0.2) is 7.05 Å². The average Bonchev–Trinajstić information content (AvgIpc) is 2.33. The Kier molecular flexibility index (Phi) is 3.05. The van der Waals surface area contributed by atoms with E-state index in [0.717, 1.165) is 11.4 Å². The van der Waals surface area contributed by atoms with Crippen molar-refractivity contribution in [2.45, 2.75) is 0 Å². The summed E-state index contributed by atoms with van der Waals surface area (Å²) >= 11 is 0. The third-order valence-corrected chi connectivity index (χ3v) is 2.33. The van der Waals surface area contributed by atoms with E-state index in [9.17, 15) is 4.39 Å². The van der Waals surface area contributed by atoms with Crippen molar-refractivity contribution >= 4 is 17.1 Å². The predicted molar refractivity (Wildman–Crippen MR) is 65.7 cm³/mol. The van der Waals surface area contributed by atoms with Crippen molar-refractivity contribution in [1.29, 1.82) is 0 Å². The van der Waals surface area contributed by atoms with Crippen LogP contribution in [0.1, 0.15) is 0 Å². The Balaban J connectivity index is 2.18. The quantitative estimate of drug-likeness (QED) is 0.819. The van der Waals surface area contributed by atoms with Gasteiger partial charge in [-0.05, 0) is 36.4 Å². The highest BCUT2D eigenvalue weighted by molar-refractivity contribution is 5.62. The summed E-state index contributed by atoms with van der Waals surface area (Å²) in [4.78, 5) is 0. The molecule has 0 saturated carbocycles. The Hall–Kier alpha value is -2.03. The summed E-state index contributed by atoms with van der Waals surface area (Å²) in [6.45, 7) is 0. The Bertz CT molecular complexity index is 466. The van der Waals surface area contributed by atoms with E-state index in [0.29, 0.717) is 5.69 Å². The lowest BCUT2D eigenvalue weighted by Crippen LogP contribution is -1.94. The van der Waals surface area contributed by atoms with Gasteiger partial charge in [0.1, 0.15) is 5.82 Å². The fourth-order valence-electron chi connectivity index (χ4n) is 1.44. The van der Waals surface area contributed by atoms with Crippen molar-refractivity contribution in [3.63, 3.8) is 0 Å². The van der Waals surface area contributed by atoms with E-state index in [1.54, 1.807) is 18.2 Å². The van der Waals surface area contributed by atoms with Crippen LogP contribution in [0.3, 0.4) is 0 Å². The van der Waals surface area contributed by atoms with Crippen LogP contribution in [0.25, 0.3) is 0 Å². The van der Waals surface area contributed by atoms with Crippen LogP contribution in [0.5, 0.6) is 0 Å². The maximum atomic E-state index is 13.3. The number of benzene rings is 2. The van der Waals surface area contributed by atoms with Gasteiger partial charge < -0.3 is 10.6 Å². The lowest BCUT2D eigenvalue weighted by molar-refractivity contribution is 0.632. The van der Waals surface area contributed by atoms with E-state index >= 15 is 0 Å². The third-order valence-electron chi connectivity index (χ3n) is 2.33. The maximum Gasteiger partial charge on any atom is 0.146 e. The van der Waals surface area contributed by atoms with Gasteiger partial charge in [0.2, 0.25) is 0 Å². The molecule has 0 aliphatic rings. The number of hydrogen-bond donors (Lipinski definition) is 2. The molecule has 2 N–H and O–H groups in total. The molecule has 16 heavy (non-hydrogen) atoms. The van der Waals surface area contributed by atoms with Gasteiger partial charge in [-0.2, -0.15) is 0 Å². The van der Waals surface area contributed by atoms with Gasteiger partial charge in [0.05, 0.1) is 5.69 Å². The first kappa shape index (κ1) is 10.5. The molecule has 2 aromatic rings. The van der Waals surface area contributed by atoms with E-state index in [1.807, 2.05) is 31.3 Å². The van der Waals surface area contributed by atoms with Crippen molar-refractivity contribution in [2.24, 2.45) is 0 Å². The first-order valence-corrected chi connectivity index (χ1v) is 5.09. The summed E-state index contributed by atoms with van der Waals surface area (Å²) in [6, 6.07) is 14.3. The van der Waals surface area contributed by atoms with E-state index < -0.39 is 0 Å². The van der Waals surface area contributed by atoms with Gasteiger partial charge in [-0.3, -0.25) is 0 Å². The van der Waals surface area contributed by atoms with Crippen LogP contribution in [0, 0.1) is 5.82 Å². The topological polar surface area (TPSA) is 24.1 Å². The van der Waals surface area contributed by atoms with E-state index in [2.05, 4.69) is 10.6 Å². The van der Waals surface area contributed by atoms with Gasteiger partial charge in [0.15, 0.2) is 0 Å². The Morgan fingerprint density at radius 3 is 2.12 bits per heavy atom. The summed E-state index contributed by atoms with van der Waals surface area (Å²) in [5.41, 5.74) is 2.38. The second-order valence-corrected chi connectivity index (χ2v) is 3.43. The zero-order valence-corrected chi connectivity index (χ0v) is 9.00. The molecule has 2 rings (SSSR count). The minimum atomic E-state index is -0.250. The summed E-state index contributed by atoms with van der Waals surface area (Å²) < 4.78 is 13.3. The number of para-hydroxylation sites is 1. The van der Waals surface area contributed by atoms with Crippen molar-refractivity contribution in [1.82, 2.24) is 0 Å². The highest BCUT2D eigenvalue weighted by atomic mass is 19.1. The lowest BCUT2D eigenvalue weighted by Gasteiger charge is -2.08. The molecule has 0 fully saturated rings. The van der Waals surface area contributed by atoms with Gasteiger partial charge in [-0.25, -0.2) is 4.39 Å². The molecular formula is C13H13FN2. The summed E-state index contributed by atoms with van der Waals surface area (Å²) in [5, 5.41) is 6.05. The number of rotatable bonds is 3. The summed E-state index contributed by atoms with van der Waals surface area (Å²) in [6.07, 6.45) is 0. The van der Waals surface area contributed by atoms with E-state index in [-0.39, 0.29) is 5.82 Å². The SMILES string of the molecule is CNc1ccc(Nc2ccccc2F)cc1. The number of anilines is 3. The molecular weight excluding hydrogens is 203 g/mol. The molecule has 0 aliphatic heterocycles. The molecule has 0 bridgehead atoms. The molecule has 0 radical (unpaired) electrons. The van der Waals surface area contributed by atoms with Gasteiger partial charge in [-0.1, -0.05) is 12.1 Å². The Morgan fingerprint density at radius 2 is 1.50 bits per heavy atom. The van der Waals surface area contributed by atoms with Gasteiger partial charge >= 0.3 is 0 Å². The lowest BCUT2D eigenvalue weighted by atomic mass is 10.2. The van der Waals surface area contributed by atoms with Crippen LogP contribution in [0.4, 0.5) is 21.5 Å². The van der Waals surface area contributed by atoms with Crippen LogP contribution in [-0.2, 0) is 0 Å². The molecule has 0 atom stereocenters. The summed E-state index contributed by atoms with van der Waals surface area (Å²) in [7, 11) is 1.86. The van der Waals surface area contributed by atoms with Crippen LogP contribution in [0.15, 0.2) is 48.5 Å². The van der Waals surface area contributed by atoms with Crippen LogP contribution in [0.2, 0.25) is 0 Å². The molecule has 3 heteroatoms. The predicted octanol–water partition coefficient (Wildman–Crippen LogP) is 3.61. The largest absolute Gasteiger partial charge is 0.388 e. The standard InChI is InChI=1S/C13H13FN2/c1-15-10-6-8-11(9-7-10)16-13-5-3-2-4-12(13)14/h2-9,15-16H,1H3. The Morgan fingerprint density at radius 1 is 0.875 bits per heavy atom. The van der Waals surface area contributed by atoms with Crippen LogP contribution < -0.4 is 10.6 Å². The average molecular weight is 216 g/mol. The normalized spacial score (nSPS) is 9.88. The molecule has 0 amide bonds. The molecule has 0 heterocycles. The zero-order chi connectivity index (χ0) is 11.4. The van der Waals surface area contributed by atoms with Gasteiger partial charge in [-0.15, -0.1) is 0 Å². The number of halogens is 1. The highest BCUT2D eigenvalue weighted by Gasteiger charge is 2.00. The maximum absolute atomic E-state index is 13.3. The fraction of sp³-hybridized carbons (Fsp3) is 0.0769. The molecule has 0 aliphatic carbocycles. The highest BCUT2D eigenvalue weighted by Crippen LogP contribution is 2.20. The smallest absolute Gasteiger partial charge is 0.146 e. The van der Waals surface area contributed by atoms with E-state index in [4.69, 9.17) is 0 Å². The van der Waals surface area contributed by atoms with Gasteiger partial charge in [0.25, 0.3) is 0 Å². The second-order valence-electron chi connectivity index (χ2n) is 3.43. The molecule has 0 saturated heterocycles. The zero-order valence-electron chi connectivity index (χ0n) is 9.00. The molecule has 0 unspecified atom stereocenters. The van der Waals surface area contributed by atoms with Crippen LogP contribution >= 0.6 is 0 Å². The third kappa shape index (κ3) is 2.31. The first-order chi connectivity index (χ1) is 7.79. The second kappa shape index (κ2) is 4.66.